The second kappa shape index (κ2) is 18.2. The summed E-state index contributed by atoms with van der Waals surface area (Å²) in [5, 5.41) is 15.2. The average molecular weight is 333 g/mol. The standard InChI is InChI=1S/C18H38O.C2H6O2/c1-7-11-13-17(9-3)15(5)19-16(6)18(10-4)14-12-8-2;3-1-2-4/h15-18H,7-14H2,1-6H3;3-4H,1-2H2. The number of aliphatic hydroxyl groups is 2. The topological polar surface area (TPSA) is 49.7 Å². The normalized spacial score (nSPS) is 16.2. The molecule has 0 aromatic carbocycles. The lowest BCUT2D eigenvalue weighted by atomic mass is 9.92. The van der Waals surface area contributed by atoms with Gasteiger partial charge < -0.3 is 14.9 Å². The first-order chi connectivity index (χ1) is 11.0. The van der Waals surface area contributed by atoms with Gasteiger partial charge in [0.05, 0.1) is 25.4 Å². The Kier molecular flexibility index (Phi) is 19.9. The van der Waals surface area contributed by atoms with Gasteiger partial charge >= 0.3 is 0 Å². The van der Waals surface area contributed by atoms with Gasteiger partial charge in [0.2, 0.25) is 0 Å². The largest absolute Gasteiger partial charge is 0.394 e. The molecule has 142 valence electrons. The molecule has 3 nitrogen and oxygen atoms in total. The van der Waals surface area contributed by atoms with Crippen LogP contribution in [-0.4, -0.2) is 35.6 Å². The zero-order chi connectivity index (χ0) is 18.1. The van der Waals surface area contributed by atoms with Crippen LogP contribution < -0.4 is 0 Å². The molecule has 0 aliphatic carbocycles. The lowest BCUT2D eigenvalue weighted by Crippen LogP contribution is -2.29. The Morgan fingerprint density at radius 3 is 1.26 bits per heavy atom. The molecule has 0 aliphatic rings. The van der Waals surface area contributed by atoms with Gasteiger partial charge in [-0.1, -0.05) is 66.2 Å². The van der Waals surface area contributed by atoms with Gasteiger partial charge in [0.15, 0.2) is 0 Å². The summed E-state index contributed by atoms with van der Waals surface area (Å²) in [4.78, 5) is 0. The maximum absolute atomic E-state index is 7.62. The van der Waals surface area contributed by atoms with Crippen LogP contribution in [0.5, 0.6) is 0 Å². The third kappa shape index (κ3) is 14.0. The highest BCUT2D eigenvalue weighted by atomic mass is 16.5. The second-order valence-corrected chi connectivity index (χ2v) is 6.61. The van der Waals surface area contributed by atoms with Crippen LogP contribution in [0, 0.1) is 11.8 Å². The van der Waals surface area contributed by atoms with E-state index in [1.807, 2.05) is 0 Å². The van der Waals surface area contributed by atoms with E-state index >= 15 is 0 Å². The molecule has 0 saturated carbocycles. The summed E-state index contributed by atoms with van der Waals surface area (Å²) in [7, 11) is 0. The minimum Gasteiger partial charge on any atom is -0.394 e. The smallest absolute Gasteiger partial charge is 0.0662 e. The molecule has 0 spiro atoms. The van der Waals surface area contributed by atoms with Crippen LogP contribution in [0.1, 0.15) is 92.9 Å². The molecule has 0 saturated heterocycles. The first-order valence-electron chi connectivity index (χ1n) is 9.89. The Balaban J connectivity index is 0. The second-order valence-electron chi connectivity index (χ2n) is 6.61. The van der Waals surface area contributed by atoms with Crippen molar-refractivity contribution in [3.63, 3.8) is 0 Å². The van der Waals surface area contributed by atoms with Gasteiger partial charge in [-0.05, 0) is 38.5 Å². The first-order valence-corrected chi connectivity index (χ1v) is 9.89. The minimum atomic E-state index is -0.125. The summed E-state index contributed by atoms with van der Waals surface area (Å²) >= 11 is 0. The summed E-state index contributed by atoms with van der Waals surface area (Å²) < 4.78 is 6.35. The molecule has 0 aliphatic heterocycles. The summed E-state index contributed by atoms with van der Waals surface area (Å²) in [5.74, 6) is 1.48. The van der Waals surface area contributed by atoms with Crippen molar-refractivity contribution in [3.8, 4) is 0 Å². The molecule has 0 aromatic heterocycles. The van der Waals surface area contributed by atoms with E-state index in [1.54, 1.807) is 0 Å². The Bertz CT molecular complexity index is 199. The number of hydrogen-bond acceptors (Lipinski definition) is 3. The molecule has 3 heteroatoms. The van der Waals surface area contributed by atoms with Crippen molar-refractivity contribution in [1.82, 2.24) is 0 Å². The van der Waals surface area contributed by atoms with Crippen LogP contribution in [0.3, 0.4) is 0 Å². The van der Waals surface area contributed by atoms with Crippen LogP contribution in [0.15, 0.2) is 0 Å². The molecule has 4 atom stereocenters. The van der Waals surface area contributed by atoms with Crippen molar-refractivity contribution in [1.29, 1.82) is 0 Å². The molecule has 0 fully saturated rings. The Morgan fingerprint density at radius 2 is 1.04 bits per heavy atom. The maximum atomic E-state index is 7.62. The summed E-state index contributed by atoms with van der Waals surface area (Å²) in [6.07, 6.45) is 11.3. The van der Waals surface area contributed by atoms with E-state index in [0.29, 0.717) is 12.2 Å². The van der Waals surface area contributed by atoms with Gasteiger partial charge in [0, 0.05) is 0 Å². The number of aliphatic hydroxyl groups excluding tert-OH is 2. The van der Waals surface area contributed by atoms with Crippen molar-refractivity contribution >= 4 is 0 Å². The van der Waals surface area contributed by atoms with E-state index in [-0.39, 0.29) is 13.2 Å². The molecule has 0 aromatic rings. The van der Waals surface area contributed by atoms with E-state index in [0.717, 1.165) is 11.8 Å². The zero-order valence-corrected chi connectivity index (χ0v) is 16.7. The molecule has 0 bridgehead atoms. The van der Waals surface area contributed by atoms with Gasteiger partial charge in [-0.25, -0.2) is 0 Å². The van der Waals surface area contributed by atoms with Gasteiger partial charge in [0.1, 0.15) is 0 Å². The number of unbranched alkanes of at least 4 members (excludes halogenated alkanes) is 2. The van der Waals surface area contributed by atoms with E-state index in [1.165, 1.54) is 51.4 Å². The van der Waals surface area contributed by atoms with Gasteiger partial charge in [0.25, 0.3) is 0 Å². The summed E-state index contributed by atoms with van der Waals surface area (Å²) in [5.41, 5.74) is 0. The molecule has 0 amide bonds. The Labute approximate surface area is 145 Å². The molecule has 23 heavy (non-hydrogen) atoms. The highest BCUT2D eigenvalue weighted by Gasteiger charge is 2.22. The van der Waals surface area contributed by atoms with Crippen LogP contribution in [0.2, 0.25) is 0 Å². The van der Waals surface area contributed by atoms with Crippen LogP contribution in [0.4, 0.5) is 0 Å². The lowest BCUT2D eigenvalue weighted by molar-refractivity contribution is -0.0557. The monoisotopic (exact) mass is 332 g/mol. The third-order valence-electron chi connectivity index (χ3n) is 4.76. The summed E-state index contributed by atoms with van der Waals surface area (Å²) in [6.45, 7) is 13.5. The number of ether oxygens (including phenoxy) is 1. The molecule has 0 radical (unpaired) electrons. The fourth-order valence-electron chi connectivity index (χ4n) is 3.03. The fraction of sp³-hybridized carbons (Fsp3) is 1.00. The molecule has 4 unspecified atom stereocenters. The maximum Gasteiger partial charge on any atom is 0.0662 e. The van der Waals surface area contributed by atoms with E-state index in [9.17, 15) is 0 Å². The summed E-state index contributed by atoms with van der Waals surface area (Å²) in [6, 6.07) is 0. The van der Waals surface area contributed by atoms with Gasteiger partial charge in [-0.2, -0.15) is 0 Å². The Hall–Kier alpha value is -0.120. The van der Waals surface area contributed by atoms with Crippen LogP contribution >= 0.6 is 0 Å². The van der Waals surface area contributed by atoms with E-state index in [2.05, 4.69) is 41.5 Å². The Morgan fingerprint density at radius 1 is 0.696 bits per heavy atom. The molecule has 0 rings (SSSR count). The fourth-order valence-corrected chi connectivity index (χ4v) is 3.03. The van der Waals surface area contributed by atoms with Crippen molar-refractivity contribution < 1.29 is 14.9 Å². The number of rotatable bonds is 13. The van der Waals surface area contributed by atoms with E-state index < -0.39 is 0 Å². The SMILES string of the molecule is CCCCC(CC)C(C)OC(C)C(CC)CCCC.OCCO. The van der Waals surface area contributed by atoms with Crippen LogP contribution in [0.25, 0.3) is 0 Å². The first kappa shape index (κ1) is 25.1. The number of hydrogen-bond donors (Lipinski definition) is 2. The quantitative estimate of drug-likeness (QED) is 0.488. The zero-order valence-electron chi connectivity index (χ0n) is 16.7. The molecule has 0 heterocycles. The van der Waals surface area contributed by atoms with E-state index in [4.69, 9.17) is 14.9 Å². The predicted octanol–water partition coefficient (Wildman–Crippen LogP) is 5.18. The van der Waals surface area contributed by atoms with Crippen molar-refractivity contribution in [3.05, 3.63) is 0 Å². The lowest BCUT2D eigenvalue weighted by Gasteiger charge is -2.30. The van der Waals surface area contributed by atoms with Crippen LogP contribution in [-0.2, 0) is 4.74 Å². The van der Waals surface area contributed by atoms with Gasteiger partial charge in [-0.3, -0.25) is 0 Å². The molecule has 2 N–H and O–H groups in total. The van der Waals surface area contributed by atoms with Crippen molar-refractivity contribution in [2.24, 2.45) is 11.8 Å². The van der Waals surface area contributed by atoms with Gasteiger partial charge in [-0.15, -0.1) is 0 Å². The minimum absolute atomic E-state index is 0.125. The van der Waals surface area contributed by atoms with Crippen molar-refractivity contribution in [2.75, 3.05) is 13.2 Å². The highest BCUT2D eigenvalue weighted by Crippen LogP contribution is 2.25. The third-order valence-corrected chi connectivity index (χ3v) is 4.76. The molecular formula is C20H44O3. The highest BCUT2D eigenvalue weighted by molar-refractivity contribution is 4.71. The predicted molar refractivity (Wildman–Crippen MR) is 101 cm³/mol. The van der Waals surface area contributed by atoms with Crippen molar-refractivity contribution in [2.45, 2.75) is 105 Å². The molecular weight excluding hydrogens is 288 g/mol. The average Bonchev–Trinajstić information content (AvgIpc) is 2.56.